The Kier molecular flexibility index (Phi) is 5.03. The Hall–Kier alpha value is -1.79. The summed E-state index contributed by atoms with van der Waals surface area (Å²) >= 11 is 0. The van der Waals surface area contributed by atoms with Crippen LogP contribution in [-0.2, 0) is 4.74 Å². The monoisotopic (exact) mass is 294 g/mol. The van der Waals surface area contributed by atoms with E-state index >= 15 is 0 Å². The van der Waals surface area contributed by atoms with Gasteiger partial charge in [0.1, 0.15) is 17.1 Å². The van der Waals surface area contributed by atoms with E-state index in [0.29, 0.717) is 23.7 Å². The van der Waals surface area contributed by atoms with Crippen molar-refractivity contribution >= 4 is 5.91 Å². The summed E-state index contributed by atoms with van der Waals surface area (Å²) in [7, 11) is 3.03. The highest BCUT2D eigenvalue weighted by Crippen LogP contribution is 2.29. The first-order valence-corrected chi connectivity index (χ1v) is 7.01. The molecule has 1 fully saturated rings. The molecule has 0 saturated heterocycles. The predicted molar refractivity (Wildman–Crippen MR) is 78.8 cm³/mol. The quantitative estimate of drug-likeness (QED) is 0.816. The van der Waals surface area contributed by atoms with Crippen molar-refractivity contribution in [2.75, 3.05) is 20.8 Å². The number of hydrogen-bond acceptors (Lipinski definition) is 5. The van der Waals surface area contributed by atoms with E-state index in [1.54, 1.807) is 18.2 Å². The molecule has 0 bridgehead atoms. The molecule has 21 heavy (non-hydrogen) atoms. The van der Waals surface area contributed by atoms with Crippen LogP contribution < -0.4 is 20.5 Å². The molecule has 3 N–H and O–H groups in total. The lowest BCUT2D eigenvalue weighted by atomic mass is 9.83. The number of carbonyl (C=O) groups excluding carboxylic acids is 1. The van der Waals surface area contributed by atoms with Gasteiger partial charge in [0.15, 0.2) is 0 Å². The van der Waals surface area contributed by atoms with Crippen LogP contribution >= 0.6 is 0 Å². The zero-order chi connectivity index (χ0) is 15.4. The van der Waals surface area contributed by atoms with Crippen molar-refractivity contribution in [2.45, 2.75) is 31.5 Å². The third kappa shape index (κ3) is 3.11. The lowest BCUT2D eigenvalue weighted by Gasteiger charge is -2.42. The van der Waals surface area contributed by atoms with Gasteiger partial charge in [-0.2, -0.15) is 0 Å². The minimum Gasteiger partial charge on any atom is -0.496 e. The van der Waals surface area contributed by atoms with Gasteiger partial charge < -0.3 is 25.3 Å². The third-order valence-electron chi connectivity index (χ3n) is 3.70. The Morgan fingerprint density at radius 1 is 1.33 bits per heavy atom. The molecule has 1 aliphatic rings. The molecule has 0 heterocycles. The molecule has 1 saturated carbocycles. The molecule has 1 aromatic rings. The second-order valence-corrected chi connectivity index (χ2v) is 4.93. The van der Waals surface area contributed by atoms with Crippen molar-refractivity contribution in [1.82, 2.24) is 5.32 Å². The van der Waals surface area contributed by atoms with Crippen LogP contribution in [0.3, 0.4) is 0 Å². The molecule has 1 amide bonds. The number of benzene rings is 1. The molecular formula is C15H22N2O4. The van der Waals surface area contributed by atoms with Gasteiger partial charge in [0.25, 0.3) is 5.91 Å². The topological polar surface area (TPSA) is 82.8 Å². The molecular weight excluding hydrogens is 272 g/mol. The van der Waals surface area contributed by atoms with Crippen LogP contribution in [0.5, 0.6) is 11.5 Å². The maximum absolute atomic E-state index is 12.5. The highest BCUT2D eigenvalue weighted by molar-refractivity contribution is 6.00. The third-order valence-corrected chi connectivity index (χ3v) is 3.70. The Morgan fingerprint density at radius 3 is 2.43 bits per heavy atom. The van der Waals surface area contributed by atoms with Crippen molar-refractivity contribution in [1.29, 1.82) is 0 Å². The van der Waals surface area contributed by atoms with Gasteiger partial charge in [-0.15, -0.1) is 0 Å². The van der Waals surface area contributed by atoms with E-state index in [1.807, 2.05) is 6.92 Å². The predicted octanol–water partition coefficient (Wildman–Crippen LogP) is 0.938. The van der Waals surface area contributed by atoms with Crippen molar-refractivity contribution in [3.05, 3.63) is 23.8 Å². The molecule has 0 radical (unpaired) electrons. The summed E-state index contributed by atoms with van der Waals surface area (Å²) in [6.45, 7) is 2.52. The molecule has 3 unspecified atom stereocenters. The second kappa shape index (κ2) is 6.78. The smallest absolute Gasteiger partial charge is 0.259 e. The second-order valence-electron chi connectivity index (χ2n) is 4.93. The largest absolute Gasteiger partial charge is 0.496 e. The van der Waals surface area contributed by atoms with Gasteiger partial charge in [-0.25, -0.2) is 0 Å². The van der Waals surface area contributed by atoms with Crippen molar-refractivity contribution < 1.29 is 19.0 Å². The van der Waals surface area contributed by atoms with Crippen LogP contribution in [-0.4, -0.2) is 44.9 Å². The molecule has 2 rings (SSSR count). The van der Waals surface area contributed by atoms with Crippen LogP contribution in [0, 0.1) is 0 Å². The lowest BCUT2D eigenvalue weighted by Crippen LogP contribution is -2.64. The SMILES string of the molecule is CCOC1CC(N)C1NC(=O)c1c(OC)cccc1OC. The van der Waals surface area contributed by atoms with Gasteiger partial charge >= 0.3 is 0 Å². The van der Waals surface area contributed by atoms with Gasteiger partial charge in [-0.3, -0.25) is 4.79 Å². The van der Waals surface area contributed by atoms with Gasteiger partial charge in [-0.1, -0.05) is 6.07 Å². The lowest BCUT2D eigenvalue weighted by molar-refractivity contribution is -0.0300. The molecule has 1 aliphatic carbocycles. The Bertz CT molecular complexity index is 482. The fourth-order valence-corrected chi connectivity index (χ4v) is 2.53. The van der Waals surface area contributed by atoms with Crippen LogP contribution in [0.1, 0.15) is 23.7 Å². The minimum atomic E-state index is -0.269. The van der Waals surface area contributed by atoms with Crippen LogP contribution in [0.25, 0.3) is 0 Å². The number of rotatable bonds is 6. The van der Waals surface area contributed by atoms with E-state index in [0.717, 1.165) is 6.42 Å². The molecule has 6 nitrogen and oxygen atoms in total. The van der Waals surface area contributed by atoms with E-state index in [2.05, 4.69) is 5.32 Å². The van der Waals surface area contributed by atoms with Crippen molar-refractivity contribution in [2.24, 2.45) is 5.73 Å². The number of nitrogens with one attached hydrogen (secondary N) is 1. The number of nitrogens with two attached hydrogens (primary N) is 1. The highest BCUT2D eigenvalue weighted by atomic mass is 16.5. The summed E-state index contributed by atoms with van der Waals surface area (Å²) in [6, 6.07) is 4.93. The Labute approximate surface area is 124 Å². The summed E-state index contributed by atoms with van der Waals surface area (Å²) in [5.74, 6) is 0.662. The minimum absolute atomic E-state index is 0.0327. The average Bonchev–Trinajstić information content (AvgIpc) is 2.51. The van der Waals surface area contributed by atoms with E-state index in [-0.39, 0.29) is 24.1 Å². The fraction of sp³-hybridized carbons (Fsp3) is 0.533. The maximum Gasteiger partial charge on any atom is 0.259 e. The van der Waals surface area contributed by atoms with Gasteiger partial charge in [0, 0.05) is 12.6 Å². The van der Waals surface area contributed by atoms with Crippen molar-refractivity contribution in [3.8, 4) is 11.5 Å². The van der Waals surface area contributed by atoms with Crippen LogP contribution in [0.15, 0.2) is 18.2 Å². The molecule has 0 aliphatic heterocycles. The Morgan fingerprint density at radius 2 is 1.95 bits per heavy atom. The molecule has 0 spiro atoms. The number of methoxy groups -OCH3 is 2. The number of amides is 1. The number of carbonyl (C=O) groups is 1. The van der Waals surface area contributed by atoms with Gasteiger partial charge in [-0.05, 0) is 25.5 Å². The van der Waals surface area contributed by atoms with E-state index in [9.17, 15) is 4.79 Å². The summed E-state index contributed by atoms with van der Waals surface area (Å²) in [6.07, 6.45) is 0.719. The molecule has 1 aromatic carbocycles. The normalized spacial score (nSPS) is 24.1. The summed E-state index contributed by atoms with van der Waals surface area (Å²) < 4.78 is 16.0. The zero-order valence-corrected chi connectivity index (χ0v) is 12.6. The van der Waals surface area contributed by atoms with E-state index in [4.69, 9.17) is 19.9 Å². The number of hydrogen-bond donors (Lipinski definition) is 2. The zero-order valence-electron chi connectivity index (χ0n) is 12.6. The van der Waals surface area contributed by atoms with Crippen LogP contribution in [0.4, 0.5) is 0 Å². The number of ether oxygens (including phenoxy) is 3. The first-order valence-electron chi connectivity index (χ1n) is 7.01. The standard InChI is InChI=1S/C15H22N2O4/c1-4-21-12-8-9(16)14(12)17-15(18)13-10(19-2)6-5-7-11(13)20-3/h5-7,9,12,14H,4,8,16H2,1-3H3,(H,17,18). The fourth-order valence-electron chi connectivity index (χ4n) is 2.53. The molecule has 0 aromatic heterocycles. The van der Waals surface area contributed by atoms with Crippen molar-refractivity contribution in [3.63, 3.8) is 0 Å². The summed E-state index contributed by atoms with van der Waals surface area (Å²) in [4.78, 5) is 12.5. The van der Waals surface area contributed by atoms with Gasteiger partial charge in [0.2, 0.25) is 0 Å². The first-order chi connectivity index (χ1) is 10.1. The first kappa shape index (κ1) is 15.6. The van der Waals surface area contributed by atoms with Gasteiger partial charge in [0.05, 0.1) is 26.4 Å². The summed E-state index contributed by atoms with van der Waals surface area (Å²) in [5.41, 5.74) is 6.33. The van der Waals surface area contributed by atoms with E-state index < -0.39 is 0 Å². The molecule has 6 heteroatoms. The molecule has 3 atom stereocenters. The van der Waals surface area contributed by atoms with Crippen LogP contribution in [0.2, 0.25) is 0 Å². The van der Waals surface area contributed by atoms with E-state index in [1.165, 1.54) is 14.2 Å². The Balaban J connectivity index is 2.17. The highest BCUT2D eigenvalue weighted by Gasteiger charge is 2.41. The maximum atomic E-state index is 12.5. The summed E-state index contributed by atoms with van der Waals surface area (Å²) in [5, 5.41) is 2.92. The average molecular weight is 294 g/mol. The molecule has 116 valence electrons.